The Morgan fingerprint density at radius 3 is 2.02 bits per heavy atom. The van der Waals surface area contributed by atoms with Crippen LogP contribution in [0.25, 0.3) is 61.4 Å². The molecule has 4 nitrogen and oxygen atoms in total. The Morgan fingerprint density at radius 1 is 0.667 bits per heavy atom. The summed E-state index contributed by atoms with van der Waals surface area (Å²) < 4.78 is 2.34. The minimum absolute atomic E-state index is 0. The smallest absolute Gasteiger partial charge is 0.124 e. The summed E-state index contributed by atoms with van der Waals surface area (Å²) >= 11 is 0. The molecule has 0 unspecified atom stereocenters. The average molecular weight is 810 g/mol. The average Bonchev–Trinajstić information content (AvgIpc) is 3.47. The van der Waals surface area contributed by atoms with E-state index in [0.717, 1.165) is 50.1 Å². The molecule has 0 aliphatic heterocycles. The van der Waals surface area contributed by atoms with Crippen molar-refractivity contribution in [2.45, 2.75) is 59.3 Å². The number of phenols is 1. The zero-order valence-electron chi connectivity index (χ0n) is 28.2. The van der Waals surface area contributed by atoms with Crippen LogP contribution in [0.2, 0.25) is 0 Å². The molecule has 0 amide bonds. The molecule has 2 aromatic heterocycles. The SMILES string of the molecule is CC(C)c1ccc2c(-c3ccccc3O)nc(-c3cccc4c3nc(-c3[c-]cccc3)n4-c3c(C(C)C)cccc3C(C)C)cc2c1.[Pt]. The van der Waals surface area contributed by atoms with Gasteiger partial charge in [-0.25, -0.2) is 4.98 Å². The minimum Gasteiger partial charge on any atom is -0.507 e. The van der Waals surface area contributed by atoms with Crippen molar-refractivity contribution in [1.82, 2.24) is 14.5 Å². The standard InChI is InChI=1S/C43H40N3O.Pt/c1-26(2)30-22-23-34-31(24-30)25-37(44-40(34)36-16-10-11-21-39(36)47)35-19-13-20-38-41(35)45-43(29-14-8-7-9-15-29)46(38)42-32(27(3)4)17-12-18-33(42)28(5)6;/h7-14,16-28,47H,1-6H3;/q-1;. The molecule has 0 spiro atoms. The zero-order valence-corrected chi connectivity index (χ0v) is 30.5. The van der Waals surface area contributed by atoms with Crippen LogP contribution in [0.1, 0.15) is 76.0 Å². The van der Waals surface area contributed by atoms with E-state index in [-0.39, 0.29) is 26.8 Å². The van der Waals surface area contributed by atoms with Crippen LogP contribution < -0.4 is 0 Å². The zero-order chi connectivity index (χ0) is 32.8. The molecule has 5 aromatic carbocycles. The van der Waals surface area contributed by atoms with Crippen LogP contribution in [0.3, 0.4) is 0 Å². The van der Waals surface area contributed by atoms with Gasteiger partial charge in [-0.15, -0.1) is 35.9 Å². The van der Waals surface area contributed by atoms with E-state index in [1.165, 1.54) is 22.4 Å². The number of aromatic hydroxyl groups is 1. The first kappa shape index (κ1) is 33.4. The second kappa shape index (κ2) is 13.5. The Labute approximate surface area is 297 Å². The third kappa shape index (κ3) is 5.88. The van der Waals surface area contributed by atoms with Gasteiger partial charge in [-0.05, 0) is 64.1 Å². The van der Waals surface area contributed by atoms with Crippen molar-refractivity contribution in [3.8, 4) is 45.3 Å². The topological polar surface area (TPSA) is 50.9 Å². The van der Waals surface area contributed by atoms with Crippen molar-refractivity contribution < 1.29 is 26.2 Å². The van der Waals surface area contributed by atoms with Gasteiger partial charge in [0, 0.05) is 43.3 Å². The maximum Gasteiger partial charge on any atom is 0.124 e. The monoisotopic (exact) mass is 809 g/mol. The van der Waals surface area contributed by atoms with Gasteiger partial charge in [0.25, 0.3) is 0 Å². The van der Waals surface area contributed by atoms with E-state index in [1.54, 1.807) is 6.07 Å². The molecule has 7 rings (SSSR count). The van der Waals surface area contributed by atoms with Gasteiger partial charge in [0.2, 0.25) is 0 Å². The quantitative estimate of drug-likeness (QED) is 0.163. The first-order valence-corrected chi connectivity index (χ1v) is 16.6. The Kier molecular flexibility index (Phi) is 9.41. The number of para-hydroxylation sites is 3. The van der Waals surface area contributed by atoms with Gasteiger partial charge in [-0.2, -0.15) is 0 Å². The number of benzene rings is 5. The van der Waals surface area contributed by atoms with Crippen LogP contribution in [0.4, 0.5) is 0 Å². The Morgan fingerprint density at radius 2 is 1.35 bits per heavy atom. The summed E-state index contributed by atoms with van der Waals surface area (Å²) in [6.07, 6.45) is 0. The molecule has 48 heavy (non-hydrogen) atoms. The first-order chi connectivity index (χ1) is 22.7. The summed E-state index contributed by atoms with van der Waals surface area (Å²) in [5.41, 5.74) is 11.1. The Hall–Kier alpha value is -4.53. The van der Waals surface area contributed by atoms with Crippen molar-refractivity contribution in [3.63, 3.8) is 0 Å². The van der Waals surface area contributed by atoms with Crippen LogP contribution in [0.15, 0.2) is 109 Å². The Balaban J connectivity index is 0.00000401. The fourth-order valence-corrected chi connectivity index (χ4v) is 6.67. The molecular weight excluding hydrogens is 770 g/mol. The van der Waals surface area contributed by atoms with Crippen molar-refractivity contribution in [1.29, 1.82) is 0 Å². The summed E-state index contributed by atoms with van der Waals surface area (Å²) in [6.45, 7) is 13.4. The van der Waals surface area contributed by atoms with Gasteiger partial charge in [0.15, 0.2) is 0 Å². The molecule has 0 fully saturated rings. The molecule has 5 heteroatoms. The molecule has 7 aromatic rings. The van der Waals surface area contributed by atoms with Crippen molar-refractivity contribution >= 4 is 21.8 Å². The van der Waals surface area contributed by atoms with Gasteiger partial charge < -0.3 is 9.67 Å². The molecular formula is C43H40N3OPt-. The number of fused-ring (bicyclic) bond motifs is 2. The minimum atomic E-state index is 0. The van der Waals surface area contributed by atoms with Gasteiger partial charge in [0.05, 0.1) is 28.2 Å². The first-order valence-electron chi connectivity index (χ1n) is 16.6. The molecule has 0 atom stereocenters. The van der Waals surface area contributed by atoms with Crippen molar-refractivity contribution in [2.24, 2.45) is 0 Å². The number of hydrogen-bond donors (Lipinski definition) is 1. The third-order valence-corrected chi connectivity index (χ3v) is 9.16. The van der Waals surface area contributed by atoms with Crippen LogP contribution >= 0.6 is 0 Å². The second-order valence-electron chi connectivity index (χ2n) is 13.3. The summed E-state index contributed by atoms with van der Waals surface area (Å²) in [5.74, 6) is 2.07. The second-order valence-corrected chi connectivity index (χ2v) is 13.3. The summed E-state index contributed by atoms with van der Waals surface area (Å²) in [4.78, 5) is 10.7. The number of imidazole rings is 1. The number of pyridine rings is 1. The normalized spacial score (nSPS) is 11.6. The summed E-state index contributed by atoms with van der Waals surface area (Å²) in [6, 6.07) is 40.8. The predicted molar refractivity (Wildman–Crippen MR) is 195 cm³/mol. The number of hydrogen-bond acceptors (Lipinski definition) is 3. The molecule has 0 aliphatic carbocycles. The maximum atomic E-state index is 11.0. The Bertz CT molecular complexity index is 2220. The number of rotatable bonds is 7. The van der Waals surface area contributed by atoms with Crippen LogP contribution in [-0.4, -0.2) is 19.6 Å². The van der Waals surface area contributed by atoms with Gasteiger partial charge in [-0.3, -0.25) is 4.98 Å². The molecule has 0 saturated carbocycles. The molecule has 0 saturated heterocycles. The summed E-state index contributed by atoms with van der Waals surface area (Å²) in [7, 11) is 0. The van der Waals surface area contributed by atoms with Gasteiger partial charge in [-0.1, -0.05) is 102 Å². The van der Waals surface area contributed by atoms with Gasteiger partial charge >= 0.3 is 0 Å². The predicted octanol–water partition coefficient (Wildman–Crippen LogP) is 11.4. The van der Waals surface area contributed by atoms with Crippen LogP contribution in [0.5, 0.6) is 5.75 Å². The number of aromatic nitrogens is 3. The van der Waals surface area contributed by atoms with Crippen LogP contribution in [-0.2, 0) is 21.1 Å². The molecule has 2 heterocycles. The van der Waals surface area contributed by atoms with E-state index in [1.807, 2.05) is 36.4 Å². The number of nitrogens with zero attached hydrogens (tertiary/aromatic N) is 3. The van der Waals surface area contributed by atoms with E-state index in [9.17, 15) is 5.11 Å². The largest absolute Gasteiger partial charge is 0.507 e. The number of phenolic OH excluding ortho intramolecular Hbond substituents is 1. The fourth-order valence-electron chi connectivity index (χ4n) is 6.67. The van der Waals surface area contributed by atoms with E-state index in [4.69, 9.17) is 9.97 Å². The van der Waals surface area contributed by atoms with Crippen molar-refractivity contribution in [3.05, 3.63) is 132 Å². The molecule has 1 N–H and O–H groups in total. The summed E-state index contributed by atoms with van der Waals surface area (Å²) in [5, 5.41) is 13.1. The molecule has 244 valence electrons. The van der Waals surface area contributed by atoms with E-state index >= 15 is 0 Å². The van der Waals surface area contributed by atoms with E-state index < -0.39 is 0 Å². The van der Waals surface area contributed by atoms with Gasteiger partial charge in [0.1, 0.15) is 5.75 Å². The molecule has 0 radical (unpaired) electrons. The van der Waals surface area contributed by atoms with Crippen LogP contribution in [0, 0.1) is 6.07 Å². The fraction of sp³-hybridized carbons (Fsp3) is 0.209. The van der Waals surface area contributed by atoms with E-state index in [0.29, 0.717) is 23.3 Å². The van der Waals surface area contributed by atoms with Crippen molar-refractivity contribution in [2.75, 3.05) is 0 Å². The molecule has 0 aliphatic rings. The maximum absolute atomic E-state index is 11.0. The molecule has 0 bridgehead atoms. The third-order valence-electron chi connectivity index (χ3n) is 9.16. The van der Waals surface area contributed by atoms with E-state index in [2.05, 4.69) is 119 Å².